The van der Waals surface area contributed by atoms with Crippen molar-refractivity contribution in [1.29, 1.82) is 0 Å². The molecule has 0 aromatic heterocycles. The summed E-state index contributed by atoms with van der Waals surface area (Å²) in [6.45, 7) is 1.37. The second kappa shape index (κ2) is 6.91. The van der Waals surface area contributed by atoms with E-state index in [1.54, 1.807) is 12.1 Å². The van der Waals surface area contributed by atoms with E-state index in [9.17, 15) is 14.0 Å². The third kappa shape index (κ3) is 3.48. The molecule has 0 fully saturated rings. The minimum Gasteiger partial charge on any atom is -0.493 e. The van der Waals surface area contributed by atoms with Crippen LogP contribution in [-0.4, -0.2) is 25.9 Å². The molecule has 23 heavy (non-hydrogen) atoms. The van der Waals surface area contributed by atoms with Crippen LogP contribution < -0.4 is 14.8 Å². The molecule has 0 saturated heterocycles. The number of methoxy groups -OCH3 is 2. The van der Waals surface area contributed by atoms with Crippen LogP contribution in [0.5, 0.6) is 11.5 Å². The SMILES string of the molecule is COc1ccc(NC(=O)c2ccc(F)cc2)c(C(C)=O)c1OC. The summed E-state index contributed by atoms with van der Waals surface area (Å²) in [6, 6.07) is 8.24. The molecule has 0 unspecified atom stereocenters. The highest BCUT2D eigenvalue weighted by Crippen LogP contribution is 2.36. The first-order valence-corrected chi connectivity index (χ1v) is 6.80. The van der Waals surface area contributed by atoms with Gasteiger partial charge < -0.3 is 14.8 Å². The highest BCUT2D eigenvalue weighted by molar-refractivity contribution is 6.10. The molecule has 0 aliphatic carbocycles. The first-order chi connectivity index (χ1) is 11.0. The number of carbonyl (C=O) groups is 2. The number of hydrogen-bond acceptors (Lipinski definition) is 4. The average molecular weight is 317 g/mol. The van der Waals surface area contributed by atoms with Gasteiger partial charge in [-0.05, 0) is 43.3 Å². The third-order valence-electron chi connectivity index (χ3n) is 3.25. The van der Waals surface area contributed by atoms with Gasteiger partial charge in [0, 0.05) is 5.56 Å². The molecule has 6 heteroatoms. The summed E-state index contributed by atoms with van der Waals surface area (Å²) in [5, 5.41) is 2.64. The van der Waals surface area contributed by atoms with Gasteiger partial charge >= 0.3 is 0 Å². The summed E-state index contributed by atoms with van der Waals surface area (Å²) in [4.78, 5) is 24.2. The fourth-order valence-corrected chi connectivity index (χ4v) is 2.18. The first-order valence-electron chi connectivity index (χ1n) is 6.80. The Kier molecular flexibility index (Phi) is 4.95. The van der Waals surface area contributed by atoms with Crippen molar-refractivity contribution < 1.29 is 23.5 Å². The number of benzene rings is 2. The van der Waals surface area contributed by atoms with Gasteiger partial charge in [-0.3, -0.25) is 9.59 Å². The van der Waals surface area contributed by atoms with Crippen LogP contribution in [0.2, 0.25) is 0 Å². The number of carbonyl (C=O) groups excluding carboxylic acids is 2. The topological polar surface area (TPSA) is 64.6 Å². The van der Waals surface area contributed by atoms with Crippen LogP contribution in [0.4, 0.5) is 10.1 Å². The van der Waals surface area contributed by atoms with Gasteiger partial charge in [0.25, 0.3) is 5.91 Å². The molecule has 1 amide bonds. The number of ether oxygens (including phenoxy) is 2. The van der Waals surface area contributed by atoms with Crippen LogP contribution in [0, 0.1) is 5.82 Å². The van der Waals surface area contributed by atoms with Crippen LogP contribution in [0.15, 0.2) is 36.4 Å². The Hall–Kier alpha value is -2.89. The van der Waals surface area contributed by atoms with E-state index in [2.05, 4.69) is 5.32 Å². The molecule has 2 aromatic rings. The number of ketones is 1. The van der Waals surface area contributed by atoms with Gasteiger partial charge in [-0.2, -0.15) is 0 Å². The third-order valence-corrected chi connectivity index (χ3v) is 3.25. The van der Waals surface area contributed by atoms with Crippen molar-refractivity contribution in [3.63, 3.8) is 0 Å². The first kappa shape index (κ1) is 16.5. The van der Waals surface area contributed by atoms with Crippen molar-refractivity contribution in [2.75, 3.05) is 19.5 Å². The lowest BCUT2D eigenvalue weighted by Crippen LogP contribution is -2.15. The van der Waals surface area contributed by atoms with Gasteiger partial charge in [0.2, 0.25) is 0 Å². The van der Waals surface area contributed by atoms with Crippen LogP contribution in [-0.2, 0) is 0 Å². The van der Waals surface area contributed by atoms with Crippen molar-refractivity contribution in [1.82, 2.24) is 0 Å². The number of nitrogens with one attached hydrogen (secondary N) is 1. The minimum absolute atomic E-state index is 0.210. The average Bonchev–Trinajstić information content (AvgIpc) is 2.54. The Bertz CT molecular complexity index is 741. The maximum absolute atomic E-state index is 12.9. The van der Waals surface area contributed by atoms with Crippen molar-refractivity contribution in [2.45, 2.75) is 6.92 Å². The minimum atomic E-state index is -0.459. The zero-order valence-electron chi connectivity index (χ0n) is 13.0. The molecular weight excluding hydrogens is 301 g/mol. The molecule has 0 atom stereocenters. The van der Waals surface area contributed by atoms with Gasteiger partial charge in [-0.25, -0.2) is 4.39 Å². The molecule has 0 spiro atoms. The zero-order chi connectivity index (χ0) is 17.0. The summed E-state index contributed by atoms with van der Waals surface area (Å²) < 4.78 is 23.3. The van der Waals surface area contributed by atoms with Gasteiger partial charge in [0.1, 0.15) is 5.82 Å². The van der Waals surface area contributed by atoms with Gasteiger partial charge in [0.15, 0.2) is 17.3 Å². The Labute approximate surface area is 133 Å². The standard InChI is InChI=1S/C17H16FNO4/c1-10(20)15-13(8-9-14(22-2)16(15)23-3)19-17(21)11-4-6-12(18)7-5-11/h4-9H,1-3H3,(H,19,21). The fraction of sp³-hybridized carbons (Fsp3) is 0.176. The lowest BCUT2D eigenvalue weighted by molar-refractivity contribution is 0.101. The number of anilines is 1. The van der Waals surface area contributed by atoms with E-state index in [-0.39, 0.29) is 22.7 Å². The van der Waals surface area contributed by atoms with Crippen LogP contribution >= 0.6 is 0 Å². The van der Waals surface area contributed by atoms with Crippen LogP contribution in [0.3, 0.4) is 0 Å². The number of halogens is 1. The van der Waals surface area contributed by atoms with E-state index in [1.807, 2.05) is 0 Å². The van der Waals surface area contributed by atoms with Crippen molar-refractivity contribution >= 4 is 17.4 Å². The second-order valence-electron chi connectivity index (χ2n) is 4.74. The summed E-state index contributed by atoms with van der Waals surface area (Å²) >= 11 is 0. The van der Waals surface area contributed by atoms with E-state index >= 15 is 0 Å². The molecule has 1 N–H and O–H groups in total. The lowest BCUT2D eigenvalue weighted by Gasteiger charge is -2.15. The van der Waals surface area contributed by atoms with Crippen LogP contribution in [0.25, 0.3) is 0 Å². The Morgan fingerprint density at radius 2 is 1.65 bits per heavy atom. The molecule has 0 saturated carbocycles. The molecule has 0 heterocycles. The highest BCUT2D eigenvalue weighted by atomic mass is 19.1. The highest BCUT2D eigenvalue weighted by Gasteiger charge is 2.20. The smallest absolute Gasteiger partial charge is 0.255 e. The van der Waals surface area contributed by atoms with Crippen molar-refractivity contribution in [2.24, 2.45) is 0 Å². The van der Waals surface area contributed by atoms with Gasteiger partial charge in [-0.15, -0.1) is 0 Å². The van der Waals surface area contributed by atoms with Crippen molar-refractivity contribution in [3.05, 3.63) is 53.3 Å². The quantitative estimate of drug-likeness (QED) is 0.859. The number of rotatable bonds is 5. The van der Waals surface area contributed by atoms with E-state index < -0.39 is 11.7 Å². The zero-order valence-corrected chi connectivity index (χ0v) is 13.0. The maximum atomic E-state index is 12.9. The number of hydrogen-bond donors (Lipinski definition) is 1. The molecule has 120 valence electrons. The molecule has 2 rings (SSSR count). The predicted octanol–water partition coefficient (Wildman–Crippen LogP) is 3.30. The van der Waals surface area contributed by atoms with E-state index in [0.29, 0.717) is 11.4 Å². The van der Waals surface area contributed by atoms with E-state index in [0.717, 1.165) is 0 Å². The molecule has 0 aliphatic rings. The molecule has 0 aliphatic heterocycles. The maximum Gasteiger partial charge on any atom is 0.255 e. The Morgan fingerprint density at radius 1 is 1.00 bits per heavy atom. The van der Waals surface area contributed by atoms with Crippen molar-refractivity contribution in [3.8, 4) is 11.5 Å². The molecule has 0 bridgehead atoms. The van der Waals surface area contributed by atoms with Gasteiger partial charge in [0.05, 0.1) is 25.5 Å². The fourth-order valence-electron chi connectivity index (χ4n) is 2.18. The van der Waals surface area contributed by atoms with E-state index in [4.69, 9.17) is 9.47 Å². The largest absolute Gasteiger partial charge is 0.493 e. The van der Waals surface area contributed by atoms with Gasteiger partial charge in [-0.1, -0.05) is 0 Å². The summed E-state index contributed by atoms with van der Waals surface area (Å²) in [6.07, 6.45) is 0. The Balaban J connectivity index is 2.41. The van der Waals surface area contributed by atoms with E-state index in [1.165, 1.54) is 45.4 Å². The Morgan fingerprint density at radius 3 is 2.17 bits per heavy atom. The summed E-state index contributed by atoms with van der Waals surface area (Å²) in [7, 11) is 2.87. The normalized spacial score (nSPS) is 10.1. The molecule has 0 radical (unpaired) electrons. The molecular formula is C17H16FNO4. The second-order valence-corrected chi connectivity index (χ2v) is 4.74. The summed E-state index contributed by atoms with van der Waals surface area (Å²) in [5.41, 5.74) is 0.780. The number of amides is 1. The lowest BCUT2D eigenvalue weighted by atomic mass is 10.1. The predicted molar refractivity (Wildman–Crippen MR) is 83.9 cm³/mol. The molecule has 5 nitrogen and oxygen atoms in total. The number of Topliss-reactive ketones (excluding diaryl/α,β-unsaturated/α-hetero) is 1. The monoisotopic (exact) mass is 317 g/mol. The van der Waals surface area contributed by atoms with Crippen LogP contribution in [0.1, 0.15) is 27.6 Å². The molecule has 2 aromatic carbocycles. The summed E-state index contributed by atoms with van der Waals surface area (Å²) in [5.74, 6) is -0.540.